The van der Waals surface area contributed by atoms with Gasteiger partial charge in [-0.2, -0.15) is 0 Å². The molecule has 2 aromatic rings. The molecule has 0 unspecified atom stereocenters. The summed E-state index contributed by atoms with van der Waals surface area (Å²) in [5, 5.41) is 10.8. The van der Waals surface area contributed by atoms with Gasteiger partial charge in [0.1, 0.15) is 12.0 Å². The van der Waals surface area contributed by atoms with Gasteiger partial charge in [0.2, 0.25) is 0 Å². The normalized spacial score (nSPS) is 14.5. The second-order valence-corrected chi connectivity index (χ2v) is 6.24. The molecule has 0 aliphatic carbocycles. The zero-order valence-corrected chi connectivity index (χ0v) is 14.3. The van der Waals surface area contributed by atoms with E-state index in [1.165, 1.54) is 12.3 Å². The van der Waals surface area contributed by atoms with E-state index < -0.39 is 4.92 Å². The maximum absolute atomic E-state index is 12.6. The van der Waals surface area contributed by atoms with Crippen molar-refractivity contribution >= 4 is 17.4 Å². The first-order valence-electron chi connectivity index (χ1n) is 8.17. The maximum atomic E-state index is 12.6. The summed E-state index contributed by atoms with van der Waals surface area (Å²) < 4.78 is 0. The van der Waals surface area contributed by atoms with Crippen LogP contribution >= 0.6 is 0 Å². The van der Waals surface area contributed by atoms with Crippen molar-refractivity contribution in [1.29, 1.82) is 0 Å². The number of anilines is 1. The van der Waals surface area contributed by atoms with Crippen molar-refractivity contribution in [2.24, 2.45) is 0 Å². The minimum atomic E-state index is -0.442. The molecule has 1 fully saturated rings. The zero-order chi connectivity index (χ0) is 18.0. The molecule has 25 heavy (non-hydrogen) atoms. The summed E-state index contributed by atoms with van der Waals surface area (Å²) in [6.45, 7) is 6.31. The Morgan fingerprint density at radius 3 is 2.48 bits per heavy atom. The van der Waals surface area contributed by atoms with Gasteiger partial charge < -0.3 is 9.80 Å². The summed E-state index contributed by atoms with van der Waals surface area (Å²) in [6, 6.07) is 9.13. The van der Waals surface area contributed by atoms with E-state index in [0.29, 0.717) is 31.7 Å². The number of amides is 1. The molecule has 1 aromatic heterocycles. The number of rotatable bonds is 3. The lowest BCUT2D eigenvalue weighted by atomic mass is 10.1. The molecule has 0 bridgehead atoms. The lowest BCUT2D eigenvalue weighted by molar-refractivity contribution is -0.385. The Kier molecular flexibility index (Phi) is 4.65. The Balaban J connectivity index is 1.68. The maximum Gasteiger partial charge on any atom is 0.287 e. The van der Waals surface area contributed by atoms with E-state index in [1.54, 1.807) is 0 Å². The Labute approximate surface area is 146 Å². The molecule has 0 radical (unpaired) electrons. The van der Waals surface area contributed by atoms with E-state index >= 15 is 0 Å². The van der Waals surface area contributed by atoms with Gasteiger partial charge in [0.15, 0.2) is 0 Å². The van der Waals surface area contributed by atoms with Crippen molar-refractivity contribution in [1.82, 2.24) is 9.88 Å². The number of carbonyl (C=O) groups excluding carboxylic acids is 1. The standard InChI is InChI=1S/C18H20N4O3/c1-13-4-3-5-15(10-13)18(23)21-8-6-20(7-9-21)17-14(2)11-16(12-19-17)22(24)25/h3-5,10-12H,6-9H2,1-2H3. The minimum Gasteiger partial charge on any atom is -0.353 e. The number of aryl methyl sites for hydroxylation is 2. The molecule has 1 saturated heterocycles. The molecule has 2 heterocycles. The average molecular weight is 340 g/mol. The Morgan fingerprint density at radius 2 is 1.88 bits per heavy atom. The fourth-order valence-corrected chi connectivity index (χ4v) is 3.07. The second kappa shape index (κ2) is 6.88. The zero-order valence-electron chi connectivity index (χ0n) is 14.3. The smallest absolute Gasteiger partial charge is 0.287 e. The highest BCUT2D eigenvalue weighted by Crippen LogP contribution is 2.23. The summed E-state index contributed by atoms with van der Waals surface area (Å²) in [5.74, 6) is 0.782. The van der Waals surface area contributed by atoms with Gasteiger partial charge in [0, 0.05) is 37.8 Å². The number of hydrogen-bond acceptors (Lipinski definition) is 5. The molecule has 3 rings (SSSR count). The molecular weight excluding hydrogens is 320 g/mol. The van der Waals surface area contributed by atoms with Crippen LogP contribution in [0.4, 0.5) is 11.5 Å². The molecule has 7 nitrogen and oxygen atoms in total. The molecule has 0 N–H and O–H groups in total. The van der Waals surface area contributed by atoms with Crippen molar-refractivity contribution in [3.05, 3.63) is 63.3 Å². The summed E-state index contributed by atoms with van der Waals surface area (Å²) in [5.41, 5.74) is 2.54. The van der Waals surface area contributed by atoms with Gasteiger partial charge in [-0.25, -0.2) is 4.98 Å². The van der Waals surface area contributed by atoms with Gasteiger partial charge >= 0.3 is 0 Å². The molecule has 0 atom stereocenters. The van der Waals surface area contributed by atoms with E-state index in [2.05, 4.69) is 9.88 Å². The Hall–Kier alpha value is -2.96. The van der Waals surface area contributed by atoms with Gasteiger partial charge in [0.05, 0.1) is 4.92 Å². The highest BCUT2D eigenvalue weighted by molar-refractivity contribution is 5.94. The number of nitrogens with zero attached hydrogens (tertiary/aromatic N) is 4. The third kappa shape index (κ3) is 3.60. The van der Waals surface area contributed by atoms with Crippen LogP contribution in [0, 0.1) is 24.0 Å². The largest absolute Gasteiger partial charge is 0.353 e. The molecular formula is C18H20N4O3. The van der Waals surface area contributed by atoms with Crippen molar-refractivity contribution in [2.45, 2.75) is 13.8 Å². The summed E-state index contributed by atoms with van der Waals surface area (Å²) in [6.07, 6.45) is 1.28. The number of carbonyl (C=O) groups is 1. The summed E-state index contributed by atoms with van der Waals surface area (Å²) in [4.78, 5) is 31.1. The molecule has 130 valence electrons. The first-order chi connectivity index (χ1) is 12.0. The first kappa shape index (κ1) is 16.9. The monoisotopic (exact) mass is 340 g/mol. The van der Waals surface area contributed by atoms with Gasteiger partial charge in [-0.05, 0) is 31.5 Å². The van der Waals surface area contributed by atoms with Gasteiger partial charge in [-0.15, -0.1) is 0 Å². The van der Waals surface area contributed by atoms with Crippen LogP contribution in [-0.4, -0.2) is 46.9 Å². The van der Waals surface area contributed by atoms with E-state index in [0.717, 1.165) is 16.9 Å². The third-order valence-electron chi connectivity index (χ3n) is 4.38. The second-order valence-electron chi connectivity index (χ2n) is 6.24. The highest BCUT2D eigenvalue weighted by atomic mass is 16.6. The summed E-state index contributed by atoms with van der Waals surface area (Å²) in [7, 11) is 0. The molecule has 7 heteroatoms. The van der Waals surface area contributed by atoms with Crippen LogP contribution in [0.25, 0.3) is 0 Å². The number of nitro groups is 1. The number of hydrogen-bond donors (Lipinski definition) is 0. The van der Waals surface area contributed by atoms with Crippen molar-refractivity contribution in [3.63, 3.8) is 0 Å². The van der Waals surface area contributed by atoms with E-state index in [1.807, 2.05) is 43.0 Å². The fourth-order valence-electron chi connectivity index (χ4n) is 3.07. The SMILES string of the molecule is Cc1cccc(C(=O)N2CCN(c3ncc([N+](=O)[O-])cc3C)CC2)c1. The molecule has 1 amide bonds. The minimum absolute atomic E-state index is 0.00508. The van der Waals surface area contributed by atoms with Crippen molar-refractivity contribution in [2.75, 3.05) is 31.1 Å². The first-order valence-corrected chi connectivity index (χ1v) is 8.17. The molecule has 0 spiro atoms. The Morgan fingerprint density at radius 1 is 1.16 bits per heavy atom. The van der Waals surface area contributed by atoms with Crippen LogP contribution in [-0.2, 0) is 0 Å². The van der Waals surface area contributed by atoms with Crippen LogP contribution in [0.3, 0.4) is 0 Å². The number of aromatic nitrogens is 1. The lowest BCUT2D eigenvalue weighted by Crippen LogP contribution is -2.49. The highest BCUT2D eigenvalue weighted by Gasteiger charge is 2.24. The molecule has 1 aliphatic rings. The number of piperazine rings is 1. The van der Waals surface area contributed by atoms with E-state index in [9.17, 15) is 14.9 Å². The summed E-state index contributed by atoms with van der Waals surface area (Å²) >= 11 is 0. The van der Waals surface area contributed by atoms with Crippen LogP contribution in [0.15, 0.2) is 36.5 Å². The van der Waals surface area contributed by atoms with Gasteiger partial charge in [-0.3, -0.25) is 14.9 Å². The quantitative estimate of drug-likeness (QED) is 0.634. The lowest BCUT2D eigenvalue weighted by Gasteiger charge is -2.36. The fraction of sp³-hybridized carbons (Fsp3) is 0.333. The third-order valence-corrected chi connectivity index (χ3v) is 4.38. The molecule has 1 aliphatic heterocycles. The topological polar surface area (TPSA) is 79.6 Å². The van der Waals surface area contributed by atoms with Crippen LogP contribution in [0.5, 0.6) is 0 Å². The van der Waals surface area contributed by atoms with Crippen LogP contribution < -0.4 is 4.90 Å². The Bertz CT molecular complexity index is 814. The van der Waals surface area contributed by atoms with E-state index in [-0.39, 0.29) is 11.6 Å². The predicted molar refractivity (Wildman–Crippen MR) is 94.9 cm³/mol. The number of benzene rings is 1. The van der Waals surface area contributed by atoms with Gasteiger partial charge in [0.25, 0.3) is 11.6 Å². The van der Waals surface area contributed by atoms with Gasteiger partial charge in [-0.1, -0.05) is 17.7 Å². The van der Waals surface area contributed by atoms with Crippen LogP contribution in [0.1, 0.15) is 21.5 Å². The number of pyridine rings is 1. The van der Waals surface area contributed by atoms with Crippen molar-refractivity contribution < 1.29 is 9.72 Å². The molecule has 0 saturated carbocycles. The predicted octanol–water partition coefficient (Wildman–Crippen LogP) is 2.57. The van der Waals surface area contributed by atoms with Crippen molar-refractivity contribution in [3.8, 4) is 0 Å². The average Bonchev–Trinajstić information content (AvgIpc) is 2.61. The van der Waals surface area contributed by atoms with E-state index in [4.69, 9.17) is 0 Å². The van der Waals surface area contributed by atoms with Crippen LogP contribution in [0.2, 0.25) is 0 Å². The molecule has 1 aromatic carbocycles.